The van der Waals surface area contributed by atoms with E-state index in [4.69, 9.17) is 9.47 Å². The lowest BCUT2D eigenvalue weighted by Gasteiger charge is -2.11. The highest BCUT2D eigenvalue weighted by molar-refractivity contribution is 5.78. The van der Waals surface area contributed by atoms with E-state index >= 15 is 0 Å². The highest BCUT2D eigenvalue weighted by Gasteiger charge is 2.05. The molecule has 3 heteroatoms. The number of carbonyl (C=O) groups is 1. The third kappa shape index (κ3) is 4.32. The average Bonchev–Trinajstić information content (AvgIpc) is 1.88. The fraction of sp³-hybridized carbons (Fsp3) is 0.714. The van der Waals surface area contributed by atoms with Gasteiger partial charge in [0.05, 0.1) is 6.42 Å². The van der Waals surface area contributed by atoms with Gasteiger partial charge in [-0.05, 0) is 13.8 Å². The smallest absolute Gasteiger partial charge is 0.311 e. The molecule has 59 valence electrons. The van der Waals surface area contributed by atoms with E-state index in [0.29, 0.717) is 6.61 Å². The summed E-state index contributed by atoms with van der Waals surface area (Å²) in [5.41, 5.74) is 0. The molecule has 0 aromatic carbocycles. The maximum absolute atomic E-state index is 10.5. The number of rotatable bonds is 4. The van der Waals surface area contributed by atoms with E-state index < -0.39 is 6.29 Å². The van der Waals surface area contributed by atoms with Crippen LogP contribution in [0.1, 0.15) is 20.8 Å². The van der Waals surface area contributed by atoms with Crippen LogP contribution in [0.25, 0.3) is 0 Å². The molecule has 3 nitrogen and oxygen atoms in total. The van der Waals surface area contributed by atoms with E-state index in [-0.39, 0.29) is 5.97 Å². The lowest BCUT2D eigenvalue weighted by Crippen LogP contribution is -2.17. The summed E-state index contributed by atoms with van der Waals surface area (Å²) in [6, 6.07) is 0. The third-order valence-electron chi connectivity index (χ3n) is 0.919. The molecule has 1 radical (unpaired) electrons. The second-order valence-electron chi connectivity index (χ2n) is 1.75. The molecule has 1 unspecified atom stereocenters. The fourth-order valence-corrected chi connectivity index (χ4v) is 0.500. The van der Waals surface area contributed by atoms with Crippen molar-refractivity contribution in [3.8, 4) is 0 Å². The minimum Gasteiger partial charge on any atom is -0.436 e. The molecule has 0 aliphatic rings. The topological polar surface area (TPSA) is 35.5 Å². The van der Waals surface area contributed by atoms with Crippen molar-refractivity contribution < 1.29 is 14.3 Å². The van der Waals surface area contributed by atoms with E-state index in [1.54, 1.807) is 13.8 Å². The quantitative estimate of drug-likeness (QED) is 0.439. The normalized spacial score (nSPS) is 12.7. The van der Waals surface area contributed by atoms with E-state index in [2.05, 4.69) is 0 Å². The van der Waals surface area contributed by atoms with Crippen molar-refractivity contribution in [3.05, 3.63) is 6.42 Å². The van der Waals surface area contributed by atoms with Crippen molar-refractivity contribution in [2.45, 2.75) is 27.1 Å². The van der Waals surface area contributed by atoms with Crippen LogP contribution in [0.4, 0.5) is 0 Å². The minimum atomic E-state index is -0.436. The third-order valence-corrected chi connectivity index (χ3v) is 0.919. The number of esters is 1. The van der Waals surface area contributed by atoms with Crippen molar-refractivity contribution in [2.75, 3.05) is 6.61 Å². The average molecular weight is 145 g/mol. The van der Waals surface area contributed by atoms with E-state index in [9.17, 15) is 4.79 Å². The van der Waals surface area contributed by atoms with Crippen LogP contribution < -0.4 is 0 Å². The Labute approximate surface area is 61.3 Å². The van der Waals surface area contributed by atoms with Crippen LogP contribution in [0.5, 0.6) is 0 Å². The molecule has 0 aromatic rings. The molecule has 0 aliphatic carbocycles. The molecule has 1 atom stereocenters. The minimum absolute atomic E-state index is 0.346. The zero-order valence-corrected chi connectivity index (χ0v) is 6.59. The SMILES string of the molecule is C[CH]C(=O)OC(C)OCC. The summed E-state index contributed by atoms with van der Waals surface area (Å²) < 4.78 is 9.67. The van der Waals surface area contributed by atoms with Crippen LogP contribution in [0, 0.1) is 6.42 Å². The monoisotopic (exact) mass is 145 g/mol. The number of ether oxygens (including phenoxy) is 2. The van der Waals surface area contributed by atoms with Gasteiger partial charge in [-0.25, -0.2) is 0 Å². The molecule has 0 aliphatic heterocycles. The molecule has 0 spiro atoms. The number of hydrogen-bond donors (Lipinski definition) is 0. The molecule has 0 heterocycles. The molecule has 0 amide bonds. The Morgan fingerprint density at radius 2 is 2.30 bits per heavy atom. The Morgan fingerprint density at radius 1 is 1.70 bits per heavy atom. The Balaban J connectivity index is 3.37. The lowest BCUT2D eigenvalue weighted by molar-refractivity contribution is -0.169. The van der Waals surface area contributed by atoms with E-state index in [1.807, 2.05) is 6.92 Å². The summed E-state index contributed by atoms with van der Waals surface area (Å²) in [5, 5.41) is 0. The molecule has 0 N–H and O–H groups in total. The van der Waals surface area contributed by atoms with Crippen LogP contribution in [0.2, 0.25) is 0 Å². The summed E-state index contributed by atoms with van der Waals surface area (Å²) in [4.78, 5) is 10.5. The molecule has 0 saturated carbocycles. The molecule has 0 aromatic heterocycles. The maximum Gasteiger partial charge on any atom is 0.311 e. The van der Waals surface area contributed by atoms with Gasteiger partial charge < -0.3 is 9.47 Å². The zero-order chi connectivity index (χ0) is 7.98. The van der Waals surface area contributed by atoms with Crippen LogP contribution in [0.3, 0.4) is 0 Å². The van der Waals surface area contributed by atoms with Crippen molar-refractivity contribution in [3.63, 3.8) is 0 Å². The van der Waals surface area contributed by atoms with Crippen LogP contribution in [-0.4, -0.2) is 18.9 Å². The van der Waals surface area contributed by atoms with Gasteiger partial charge in [0, 0.05) is 6.61 Å². The summed E-state index contributed by atoms with van der Waals surface area (Å²) in [6.07, 6.45) is 0.920. The zero-order valence-electron chi connectivity index (χ0n) is 6.59. The molecule has 0 bridgehead atoms. The summed E-state index contributed by atoms with van der Waals surface area (Å²) in [5.74, 6) is -0.346. The Kier molecular flexibility index (Phi) is 4.94. The highest BCUT2D eigenvalue weighted by Crippen LogP contribution is 1.94. The predicted molar refractivity (Wildman–Crippen MR) is 37.2 cm³/mol. The molecule has 10 heavy (non-hydrogen) atoms. The first kappa shape index (κ1) is 9.43. The van der Waals surface area contributed by atoms with Gasteiger partial charge in [0.15, 0.2) is 6.29 Å². The first-order valence-corrected chi connectivity index (χ1v) is 3.32. The lowest BCUT2D eigenvalue weighted by atomic mass is 10.5. The first-order valence-electron chi connectivity index (χ1n) is 3.32. The summed E-state index contributed by atoms with van der Waals surface area (Å²) >= 11 is 0. The van der Waals surface area contributed by atoms with Crippen LogP contribution in [0.15, 0.2) is 0 Å². The molecule has 0 rings (SSSR count). The number of carbonyl (C=O) groups excluding carboxylic acids is 1. The summed E-state index contributed by atoms with van der Waals surface area (Å²) in [7, 11) is 0. The highest BCUT2D eigenvalue weighted by atomic mass is 16.7. The Hall–Kier alpha value is -0.570. The second kappa shape index (κ2) is 5.23. The van der Waals surface area contributed by atoms with Gasteiger partial charge in [0.2, 0.25) is 0 Å². The van der Waals surface area contributed by atoms with Crippen molar-refractivity contribution in [1.29, 1.82) is 0 Å². The number of hydrogen-bond acceptors (Lipinski definition) is 3. The second-order valence-corrected chi connectivity index (χ2v) is 1.75. The van der Waals surface area contributed by atoms with E-state index in [0.717, 1.165) is 0 Å². The summed E-state index contributed by atoms with van der Waals surface area (Å²) in [6.45, 7) is 5.71. The van der Waals surface area contributed by atoms with Gasteiger partial charge in [-0.1, -0.05) is 6.92 Å². The molecular weight excluding hydrogens is 132 g/mol. The maximum atomic E-state index is 10.5. The molecular formula is C7H13O3. The molecule has 0 fully saturated rings. The Morgan fingerprint density at radius 3 is 2.70 bits per heavy atom. The van der Waals surface area contributed by atoms with E-state index in [1.165, 1.54) is 6.42 Å². The molecule has 0 saturated heterocycles. The van der Waals surface area contributed by atoms with Crippen LogP contribution in [-0.2, 0) is 14.3 Å². The van der Waals surface area contributed by atoms with Crippen LogP contribution >= 0.6 is 0 Å². The largest absolute Gasteiger partial charge is 0.436 e. The van der Waals surface area contributed by atoms with Crippen molar-refractivity contribution >= 4 is 5.97 Å². The van der Waals surface area contributed by atoms with Gasteiger partial charge in [-0.15, -0.1) is 0 Å². The fourth-order valence-electron chi connectivity index (χ4n) is 0.500. The Bertz CT molecular complexity index is 101. The standard InChI is InChI=1S/C7H13O3/c1-4-7(8)10-6(3)9-5-2/h4,6H,5H2,1-3H3. The van der Waals surface area contributed by atoms with Gasteiger partial charge in [-0.2, -0.15) is 0 Å². The van der Waals surface area contributed by atoms with Gasteiger partial charge in [0.25, 0.3) is 0 Å². The predicted octanol–water partition coefficient (Wildman–Crippen LogP) is 1.14. The van der Waals surface area contributed by atoms with Gasteiger partial charge in [0.1, 0.15) is 0 Å². The van der Waals surface area contributed by atoms with Gasteiger partial charge in [-0.3, -0.25) is 4.79 Å². The van der Waals surface area contributed by atoms with Crippen molar-refractivity contribution in [2.24, 2.45) is 0 Å². The first-order chi connectivity index (χ1) is 4.70. The van der Waals surface area contributed by atoms with Crippen molar-refractivity contribution in [1.82, 2.24) is 0 Å². The van der Waals surface area contributed by atoms with Gasteiger partial charge >= 0.3 is 5.97 Å².